The Morgan fingerprint density at radius 1 is 1.53 bits per heavy atom. The first-order chi connectivity index (χ1) is 7.29. The van der Waals surface area contributed by atoms with E-state index in [4.69, 9.17) is 9.84 Å². The molecule has 1 aliphatic carbocycles. The third-order valence-electron chi connectivity index (χ3n) is 2.64. The Balaban J connectivity index is 2.47. The molecule has 1 aliphatic rings. The Labute approximate surface area is 90.5 Å². The van der Waals surface area contributed by atoms with Crippen LogP contribution in [0.3, 0.4) is 0 Å². The zero-order valence-electron chi connectivity index (χ0n) is 9.02. The van der Waals surface area contributed by atoms with Crippen molar-refractivity contribution in [2.75, 3.05) is 19.8 Å². The van der Waals surface area contributed by atoms with E-state index in [2.05, 4.69) is 6.58 Å². The normalized spacial score (nSPS) is 16.3. The molecular weight excluding hydrogens is 194 g/mol. The van der Waals surface area contributed by atoms with Gasteiger partial charge in [-0.1, -0.05) is 18.9 Å². The first-order valence-corrected chi connectivity index (χ1v) is 5.44. The van der Waals surface area contributed by atoms with E-state index in [0.717, 1.165) is 12.8 Å². The Morgan fingerprint density at radius 3 is 2.73 bits per heavy atom. The molecule has 0 aromatic rings. The second-order valence-corrected chi connectivity index (χ2v) is 3.72. The molecule has 1 fully saturated rings. The number of amides is 1. The predicted molar refractivity (Wildman–Crippen MR) is 57.6 cm³/mol. The van der Waals surface area contributed by atoms with Gasteiger partial charge in [0.25, 0.3) is 0 Å². The lowest BCUT2D eigenvalue weighted by Crippen LogP contribution is -2.39. The number of carbonyl (C=O) groups is 1. The molecule has 0 saturated heterocycles. The van der Waals surface area contributed by atoms with E-state index in [1.54, 1.807) is 11.0 Å². The Morgan fingerprint density at radius 2 is 2.20 bits per heavy atom. The lowest BCUT2D eigenvalue weighted by Gasteiger charge is -2.26. The van der Waals surface area contributed by atoms with Crippen LogP contribution < -0.4 is 0 Å². The molecule has 15 heavy (non-hydrogen) atoms. The standard InChI is InChI=1S/C11H19NO3/c1-2-7-12(10-5-3-4-6-10)11(14)15-9-8-13/h2,10,13H,1,3-9H2. The van der Waals surface area contributed by atoms with Gasteiger partial charge in [-0.2, -0.15) is 0 Å². The van der Waals surface area contributed by atoms with Crippen molar-refractivity contribution in [2.45, 2.75) is 31.7 Å². The van der Waals surface area contributed by atoms with Gasteiger partial charge in [-0.05, 0) is 12.8 Å². The molecule has 1 saturated carbocycles. The van der Waals surface area contributed by atoms with Gasteiger partial charge >= 0.3 is 6.09 Å². The molecule has 4 heteroatoms. The highest BCUT2D eigenvalue weighted by atomic mass is 16.6. The SMILES string of the molecule is C=CCN(C(=O)OCCO)C1CCCC1. The number of aliphatic hydroxyl groups is 1. The molecule has 0 radical (unpaired) electrons. The maximum absolute atomic E-state index is 11.6. The zero-order chi connectivity index (χ0) is 11.1. The van der Waals surface area contributed by atoms with Crippen LogP contribution in [0.4, 0.5) is 4.79 Å². The summed E-state index contributed by atoms with van der Waals surface area (Å²) in [7, 11) is 0. The summed E-state index contributed by atoms with van der Waals surface area (Å²) in [5, 5.41) is 8.58. The summed E-state index contributed by atoms with van der Waals surface area (Å²) in [5.74, 6) is 0. The molecule has 1 rings (SSSR count). The monoisotopic (exact) mass is 213 g/mol. The fourth-order valence-corrected chi connectivity index (χ4v) is 1.94. The molecule has 0 heterocycles. The fraction of sp³-hybridized carbons (Fsp3) is 0.727. The highest BCUT2D eigenvalue weighted by Gasteiger charge is 2.26. The number of nitrogens with zero attached hydrogens (tertiary/aromatic N) is 1. The molecule has 1 N–H and O–H groups in total. The van der Waals surface area contributed by atoms with E-state index in [1.807, 2.05) is 0 Å². The minimum absolute atomic E-state index is 0.0686. The van der Waals surface area contributed by atoms with E-state index in [1.165, 1.54) is 12.8 Å². The summed E-state index contributed by atoms with van der Waals surface area (Å²) in [4.78, 5) is 13.3. The van der Waals surface area contributed by atoms with Crippen LogP contribution in [0, 0.1) is 0 Å². The van der Waals surface area contributed by atoms with Crippen LogP contribution in [-0.4, -0.2) is 41.9 Å². The number of ether oxygens (including phenoxy) is 1. The van der Waals surface area contributed by atoms with E-state index >= 15 is 0 Å². The number of aliphatic hydroxyl groups excluding tert-OH is 1. The van der Waals surface area contributed by atoms with Gasteiger partial charge in [0.2, 0.25) is 0 Å². The van der Waals surface area contributed by atoms with Crippen LogP contribution in [0.5, 0.6) is 0 Å². The first-order valence-electron chi connectivity index (χ1n) is 5.44. The highest BCUT2D eigenvalue weighted by Crippen LogP contribution is 2.23. The Hall–Kier alpha value is -1.03. The summed E-state index contributed by atoms with van der Waals surface area (Å²) in [6.45, 7) is 4.10. The van der Waals surface area contributed by atoms with E-state index in [0.29, 0.717) is 6.54 Å². The molecule has 4 nitrogen and oxygen atoms in total. The molecule has 0 aliphatic heterocycles. The van der Waals surface area contributed by atoms with Crippen LogP contribution in [0.15, 0.2) is 12.7 Å². The molecular formula is C11H19NO3. The van der Waals surface area contributed by atoms with Crippen molar-refractivity contribution in [1.82, 2.24) is 4.90 Å². The van der Waals surface area contributed by atoms with Crippen molar-refractivity contribution < 1.29 is 14.6 Å². The third-order valence-corrected chi connectivity index (χ3v) is 2.64. The van der Waals surface area contributed by atoms with Gasteiger partial charge in [-0.15, -0.1) is 6.58 Å². The second kappa shape index (κ2) is 6.45. The lowest BCUT2D eigenvalue weighted by molar-refractivity contribution is 0.0757. The molecule has 0 aromatic heterocycles. The van der Waals surface area contributed by atoms with Crippen molar-refractivity contribution >= 4 is 6.09 Å². The minimum Gasteiger partial charge on any atom is -0.447 e. The first kappa shape index (κ1) is 12.0. The summed E-state index contributed by atoms with van der Waals surface area (Å²) >= 11 is 0. The van der Waals surface area contributed by atoms with Crippen LogP contribution in [-0.2, 0) is 4.74 Å². The topological polar surface area (TPSA) is 49.8 Å². The van der Waals surface area contributed by atoms with Crippen LogP contribution in [0.1, 0.15) is 25.7 Å². The summed E-state index contributed by atoms with van der Waals surface area (Å²) in [5.41, 5.74) is 0. The summed E-state index contributed by atoms with van der Waals surface area (Å²) in [6.07, 6.45) is 5.80. The number of hydrogen-bond acceptors (Lipinski definition) is 3. The average Bonchev–Trinajstić information content (AvgIpc) is 2.75. The lowest BCUT2D eigenvalue weighted by atomic mass is 10.2. The molecule has 1 amide bonds. The van der Waals surface area contributed by atoms with E-state index < -0.39 is 0 Å². The second-order valence-electron chi connectivity index (χ2n) is 3.72. The smallest absolute Gasteiger partial charge is 0.410 e. The quantitative estimate of drug-likeness (QED) is 0.705. The van der Waals surface area contributed by atoms with Gasteiger partial charge in [0.15, 0.2) is 0 Å². The molecule has 0 atom stereocenters. The van der Waals surface area contributed by atoms with Crippen molar-refractivity contribution in [3.8, 4) is 0 Å². The van der Waals surface area contributed by atoms with E-state index in [9.17, 15) is 4.79 Å². The maximum Gasteiger partial charge on any atom is 0.410 e. The van der Waals surface area contributed by atoms with Crippen LogP contribution >= 0.6 is 0 Å². The van der Waals surface area contributed by atoms with Crippen LogP contribution in [0.2, 0.25) is 0 Å². The van der Waals surface area contributed by atoms with Gasteiger partial charge in [-0.3, -0.25) is 0 Å². The van der Waals surface area contributed by atoms with Gasteiger partial charge in [0.1, 0.15) is 6.61 Å². The maximum atomic E-state index is 11.6. The van der Waals surface area contributed by atoms with Crippen molar-refractivity contribution in [2.24, 2.45) is 0 Å². The summed E-state index contributed by atoms with van der Waals surface area (Å²) in [6, 6.07) is 0.286. The number of hydrogen-bond donors (Lipinski definition) is 1. The Bertz CT molecular complexity index is 212. The van der Waals surface area contributed by atoms with Gasteiger partial charge < -0.3 is 14.7 Å². The fourth-order valence-electron chi connectivity index (χ4n) is 1.94. The minimum atomic E-state index is -0.337. The largest absolute Gasteiger partial charge is 0.447 e. The van der Waals surface area contributed by atoms with Gasteiger partial charge in [-0.25, -0.2) is 4.79 Å². The average molecular weight is 213 g/mol. The number of carbonyl (C=O) groups excluding carboxylic acids is 1. The van der Waals surface area contributed by atoms with Crippen molar-refractivity contribution in [3.05, 3.63) is 12.7 Å². The van der Waals surface area contributed by atoms with Crippen LogP contribution in [0.25, 0.3) is 0 Å². The van der Waals surface area contributed by atoms with Crippen molar-refractivity contribution in [3.63, 3.8) is 0 Å². The van der Waals surface area contributed by atoms with Gasteiger partial charge in [0, 0.05) is 12.6 Å². The molecule has 0 spiro atoms. The molecule has 86 valence electrons. The highest BCUT2D eigenvalue weighted by molar-refractivity contribution is 5.68. The van der Waals surface area contributed by atoms with E-state index in [-0.39, 0.29) is 25.3 Å². The Kier molecular flexibility index (Phi) is 5.18. The molecule has 0 aromatic carbocycles. The third kappa shape index (κ3) is 3.55. The summed E-state index contributed by atoms with van der Waals surface area (Å²) < 4.78 is 4.91. The predicted octanol–water partition coefficient (Wildman–Crippen LogP) is 1.55. The number of rotatable bonds is 5. The van der Waals surface area contributed by atoms with Crippen molar-refractivity contribution in [1.29, 1.82) is 0 Å². The molecule has 0 bridgehead atoms. The zero-order valence-corrected chi connectivity index (χ0v) is 9.02. The molecule has 0 unspecified atom stereocenters. The van der Waals surface area contributed by atoms with Gasteiger partial charge in [0.05, 0.1) is 6.61 Å².